The van der Waals surface area contributed by atoms with Crippen molar-refractivity contribution in [2.75, 3.05) is 0 Å². The molecule has 0 aliphatic rings. The van der Waals surface area contributed by atoms with Gasteiger partial charge in [0.25, 0.3) is 11.8 Å². The summed E-state index contributed by atoms with van der Waals surface area (Å²) >= 11 is 0. The monoisotopic (exact) mass is 270 g/mol. The molecule has 2 aromatic rings. The van der Waals surface area contributed by atoms with Crippen LogP contribution in [0.3, 0.4) is 0 Å². The van der Waals surface area contributed by atoms with Gasteiger partial charge in [0, 0.05) is 11.6 Å². The predicted molar refractivity (Wildman–Crippen MR) is 74.5 cm³/mol. The Hall–Kier alpha value is -2.82. The number of carbonyl (C=O) groups is 2. The van der Waals surface area contributed by atoms with E-state index in [0.29, 0.717) is 11.3 Å². The van der Waals surface area contributed by atoms with E-state index in [4.69, 9.17) is 10.2 Å². The van der Waals surface area contributed by atoms with Crippen LogP contribution in [0.5, 0.6) is 0 Å². The molecule has 0 radical (unpaired) electrons. The Morgan fingerprint density at radius 1 is 1.25 bits per heavy atom. The van der Waals surface area contributed by atoms with Gasteiger partial charge in [0.2, 0.25) is 0 Å². The summed E-state index contributed by atoms with van der Waals surface area (Å²) < 4.78 is 5.09. The van der Waals surface area contributed by atoms with Crippen LogP contribution in [0.4, 0.5) is 0 Å². The van der Waals surface area contributed by atoms with Gasteiger partial charge in [0.15, 0.2) is 0 Å². The average Bonchev–Trinajstić information content (AvgIpc) is 2.90. The van der Waals surface area contributed by atoms with Crippen molar-refractivity contribution in [1.29, 1.82) is 0 Å². The molecule has 1 heterocycles. The Balaban J connectivity index is 2.21. The van der Waals surface area contributed by atoms with Crippen molar-refractivity contribution in [1.82, 2.24) is 5.32 Å². The number of hydrogen-bond acceptors (Lipinski definition) is 3. The summed E-state index contributed by atoms with van der Waals surface area (Å²) in [6, 6.07) is 10.4. The van der Waals surface area contributed by atoms with Crippen LogP contribution in [-0.4, -0.2) is 11.8 Å². The summed E-state index contributed by atoms with van der Waals surface area (Å²) in [6.07, 6.45) is 2.85. The first-order valence-corrected chi connectivity index (χ1v) is 5.99. The molecule has 20 heavy (non-hydrogen) atoms. The van der Waals surface area contributed by atoms with Gasteiger partial charge in [-0.1, -0.05) is 17.7 Å². The molecule has 2 rings (SSSR count). The summed E-state index contributed by atoms with van der Waals surface area (Å²) in [5.41, 5.74) is 6.63. The van der Waals surface area contributed by atoms with E-state index < -0.39 is 11.8 Å². The van der Waals surface area contributed by atoms with Crippen LogP contribution in [0.1, 0.15) is 21.7 Å². The highest BCUT2D eigenvalue weighted by atomic mass is 16.3. The maximum absolute atomic E-state index is 12.0. The standard InChI is InChI=1S/C15H14N2O3/c1-10-4-2-5-11(8-10)15(19)17-13(14(16)18)9-12-6-3-7-20-12/h2-9H,1H3,(H2,16,18)(H,17,19)/b13-9+. The number of hydrogen-bond donors (Lipinski definition) is 2. The first-order valence-electron chi connectivity index (χ1n) is 5.99. The van der Waals surface area contributed by atoms with E-state index in [0.717, 1.165) is 5.56 Å². The quantitative estimate of drug-likeness (QED) is 0.831. The molecular formula is C15H14N2O3. The van der Waals surface area contributed by atoms with Gasteiger partial charge in [-0.05, 0) is 31.2 Å². The van der Waals surface area contributed by atoms with Crippen molar-refractivity contribution < 1.29 is 14.0 Å². The zero-order chi connectivity index (χ0) is 14.5. The number of rotatable bonds is 4. The minimum Gasteiger partial charge on any atom is -0.465 e. The van der Waals surface area contributed by atoms with E-state index in [-0.39, 0.29) is 5.70 Å². The number of primary amides is 1. The second-order valence-electron chi connectivity index (χ2n) is 4.26. The minimum absolute atomic E-state index is 0.0218. The lowest BCUT2D eigenvalue weighted by atomic mass is 10.1. The number of furan rings is 1. The van der Waals surface area contributed by atoms with E-state index >= 15 is 0 Å². The normalized spacial score (nSPS) is 11.2. The lowest BCUT2D eigenvalue weighted by molar-refractivity contribution is -0.114. The van der Waals surface area contributed by atoms with Crippen molar-refractivity contribution in [2.45, 2.75) is 6.92 Å². The van der Waals surface area contributed by atoms with Crippen molar-refractivity contribution >= 4 is 17.9 Å². The average molecular weight is 270 g/mol. The van der Waals surface area contributed by atoms with Gasteiger partial charge < -0.3 is 15.5 Å². The second-order valence-corrected chi connectivity index (χ2v) is 4.26. The van der Waals surface area contributed by atoms with Gasteiger partial charge >= 0.3 is 0 Å². The topological polar surface area (TPSA) is 85.3 Å². The molecule has 1 aromatic heterocycles. The van der Waals surface area contributed by atoms with Gasteiger partial charge in [0.1, 0.15) is 11.5 Å². The third kappa shape index (κ3) is 3.35. The first-order chi connectivity index (χ1) is 9.56. The Kier molecular flexibility index (Phi) is 4.00. The van der Waals surface area contributed by atoms with E-state index in [1.807, 2.05) is 13.0 Å². The minimum atomic E-state index is -0.734. The molecule has 0 saturated carbocycles. The SMILES string of the molecule is Cc1cccc(C(=O)N/C(=C/c2ccco2)C(N)=O)c1. The maximum atomic E-state index is 12.0. The van der Waals surface area contributed by atoms with Crippen LogP contribution in [0.15, 0.2) is 52.8 Å². The fourth-order valence-electron chi connectivity index (χ4n) is 1.67. The molecule has 0 aliphatic carbocycles. The molecule has 0 saturated heterocycles. The van der Waals surface area contributed by atoms with Crippen LogP contribution in [0, 0.1) is 6.92 Å². The second kappa shape index (κ2) is 5.88. The molecule has 1 aromatic carbocycles. The summed E-state index contributed by atoms with van der Waals surface area (Å²) in [6.45, 7) is 1.88. The van der Waals surface area contributed by atoms with Gasteiger partial charge in [-0.15, -0.1) is 0 Å². The molecule has 5 heteroatoms. The molecule has 0 spiro atoms. The van der Waals surface area contributed by atoms with E-state index in [9.17, 15) is 9.59 Å². The maximum Gasteiger partial charge on any atom is 0.265 e. The lowest BCUT2D eigenvalue weighted by Crippen LogP contribution is -2.31. The fourth-order valence-corrected chi connectivity index (χ4v) is 1.67. The number of amides is 2. The molecule has 0 unspecified atom stereocenters. The molecular weight excluding hydrogens is 256 g/mol. The highest BCUT2D eigenvalue weighted by molar-refractivity contribution is 6.04. The van der Waals surface area contributed by atoms with E-state index in [1.165, 1.54) is 12.3 Å². The largest absolute Gasteiger partial charge is 0.465 e. The molecule has 0 fully saturated rings. The van der Waals surface area contributed by atoms with Gasteiger partial charge in [-0.25, -0.2) is 0 Å². The molecule has 0 aliphatic heterocycles. The Bertz CT molecular complexity index is 658. The molecule has 5 nitrogen and oxygen atoms in total. The third-order valence-corrected chi connectivity index (χ3v) is 2.62. The van der Waals surface area contributed by atoms with E-state index in [1.54, 1.807) is 30.3 Å². The summed E-state index contributed by atoms with van der Waals surface area (Å²) in [5, 5.41) is 2.49. The van der Waals surface area contributed by atoms with Crippen molar-refractivity contribution in [3.8, 4) is 0 Å². The zero-order valence-corrected chi connectivity index (χ0v) is 10.9. The zero-order valence-electron chi connectivity index (χ0n) is 10.9. The number of benzene rings is 1. The van der Waals surface area contributed by atoms with Crippen molar-refractivity contribution in [3.63, 3.8) is 0 Å². The Morgan fingerprint density at radius 3 is 2.65 bits per heavy atom. The summed E-state index contributed by atoms with van der Waals surface area (Å²) in [7, 11) is 0. The van der Waals surface area contributed by atoms with Crippen LogP contribution >= 0.6 is 0 Å². The van der Waals surface area contributed by atoms with Crippen molar-refractivity contribution in [3.05, 3.63) is 65.2 Å². The molecule has 102 valence electrons. The van der Waals surface area contributed by atoms with Crippen LogP contribution in [0.25, 0.3) is 6.08 Å². The number of carbonyl (C=O) groups excluding carboxylic acids is 2. The predicted octanol–water partition coefficient (Wildman–Crippen LogP) is 1.84. The summed E-state index contributed by atoms with van der Waals surface area (Å²) in [4.78, 5) is 23.4. The van der Waals surface area contributed by atoms with E-state index in [2.05, 4.69) is 5.32 Å². The summed E-state index contributed by atoms with van der Waals surface area (Å²) in [5.74, 6) is -0.698. The van der Waals surface area contributed by atoms with Crippen LogP contribution in [-0.2, 0) is 4.79 Å². The third-order valence-electron chi connectivity index (χ3n) is 2.62. The number of aryl methyl sites for hydroxylation is 1. The van der Waals surface area contributed by atoms with Crippen LogP contribution in [0.2, 0.25) is 0 Å². The van der Waals surface area contributed by atoms with Gasteiger partial charge in [0.05, 0.1) is 6.26 Å². The smallest absolute Gasteiger partial charge is 0.265 e. The molecule has 0 bridgehead atoms. The Morgan fingerprint density at radius 2 is 2.05 bits per heavy atom. The lowest BCUT2D eigenvalue weighted by Gasteiger charge is -2.06. The highest BCUT2D eigenvalue weighted by Crippen LogP contribution is 2.08. The number of nitrogens with two attached hydrogens (primary N) is 1. The van der Waals surface area contributed by atoms with Gasteiger partial charge in [-0.2, -0.15) is 0 Å². The molecule has 0 atom stereocenters. The van der Waals surface area contributed by atoms with Gasteiger partial charge in [-0.3, -0.25) is 9.59 Å². The molecule has 2 amide bonds. The van der Waals surface area contributed by atoms with Crippen LogP contribution < -0.4 is 11.1 Å². The molecule has 3 N–H and O–H groups in total. The fraction of sp³-hybridized carbons (Fsp3) is 0.0667. The highest BCUT2D eigenvalue weighted by Gasteiger charge is 2.12. The number of nitrogens with one attached hydrogen (secondary N) is 1. The Labute approximate surface area is 116 Å². The van der Waals surface area contributed by atoms with Crippen molar-refractivity contribution in [2.24, 2.45) is 5.73 Å². The first kappa shape index (κ1) is 13.6.